The first-order chi connectivity index (χ1) is 10.5. The van der Waals surface area contributed by atoms with Crippen molar-refractivity contribution in [2.75, 3.05) is 35.4 Å². The van der Waals surface area contributed by atoms with Gasteiger partial charge in [0.2, 0.25) is 5.91 Å². The fourth-order valence-electron chi connectivity index (χ4n) is 2.72. The van der Waals surface area contributed by atoms with E-state index in [0.29, 0.717) is 17.9 Å². The Bertz CT molecular complexity index is 670. The molecule has 3 rings (SSSR count). The van der Waals surface area contributed by atoms with E-state index >= 15 is 0 Å². The fraction of sp³-hybridized carbons (Fsp3) is 0.500. The average Bonchev–Trinajstić information content (AvgIpc) is 3.08. The van der Waals surface area contributed by atoms with E-state index in [0.717, 1.165) is 23.8 Å². The zero-order valence-electron chi connectivity index (χ0n) is 12.4. The van der Waals surface area contributed by atoms with Gasteiger partial charge in [-0.15, -0.1) is 0 Å². The predicted octanol–water partition coefficient (Wildman–Crippen LogP) is 0.483. The molecular weight excluding hydrogens is 306 g/mol. The Kier molecular flexibility index (Phi) is 3.96. The average molecular weight is 325 g/mol. The number of carbonyl (C=O) groups excluding carboxylic acids is 1. The summed E-state index contributed by atoms with van der Waals surface area (Å²) in [6, 6.07) is 6.94. The minimum Gasteiger partial charge on any atom is -0.376 e. The Morgan fingerprint density at radius 3 is 2.77 bits per heavy atom. The molecule has 1 N–H and O–H groups in total. The largest absolute Gasteiger partial charge is 0.376 e. The van der Waals surface area contributed by atoms with E-state index < -0.39 is 10.2 Å². The number of hydrogen-bond donors (Lipinski definition) is 1. The number of anilines is 2. The van der Waals surface area contributed by atoms with Crippen molar-refractivity contribution >= 4 is 27.5 Å². The van der Waals surface area contributed by atoms with Crippen LogP contribution in [0.4, 0.5) is 11.4 Å². The third kappa shape index (κ3) is 2.64. The summed E-state index contributed by atoms with van der Waals surface area (Å²) in [7, 11) is -2.20. The van der Waals surface area contributed by atoms with Crippen LogP contribution >= 0.6 is 0 Å². The Hall–Kier alpha value is -1.80. The molecule has 0 radical (unpaired) electrons. The number of amides is 1. The summed E-state index contributed by atoms with van der Waals surface area (Å²) in [6.07, 6.45) is 1.96. The molecule has 1 aromatic carbocycles. The number of nitrogens with one attached hydrogen (secondary N) is 1. The van der Waals surface area contributed by atoms with Crippen LogP contribution in [0, 0.1) is 0 Å². The molecule has 0 spiro atoms. The van der Waals surface area contributed by atoms with Gasteiger partial charge in [0.05, 0.1) is 17.5 Å². The molecule has 0 aliphatic carbocycles. The van der Waals surface area contributed by atoms with Crippen molar-refractivity contribution in [2.24, 2.45) is 0 Å². The second kappa shape index (κ2) is 5.77. The van der Waals surface area contributed by atoms with Gasteiger partial charge in [0, 0.05) is 20.2 Å². The number of fused-ring (bicyclic) bond motifs is 1. The lowest BCUT2D eigenvalue weighted by Gasteiger charge is -2.19. The molecule has 2 aliphatic rings. The molecule has 1 aromatic rings. The Labute approximate surface area is 130 Å². The van der Waals surface area contributed by atoms with Crippen LogP contribution in [-0.2, 0) is 19.7 Å². The second-order valence-corrected chi connectivity index (χ2v) is 7.29. The van der Waals surface area contributed by atoms with Gasteiger partial charge >= 0.3 is 10.2 Å². The number of ether oxygens (including phenoxy) is 1. The first kappa shape index (κ1) is 15.1. The molecule has 8 heteroatoms. The molecule has 2 aliphatic heterocycles. The van der Waals surface area contributed by atoms with Crippen molar-refractivity contribution in [3.63, 3.8) is 0 Å². The van der Waals surface area contributed by atoms with Crippen LogP contribution < -0.4 is 13.9 Å². The van der Waals surface area contributed by atoms with Gasteiger partial charge in [0.1, 0.15) is 6.54 Å². The maximum Gasteiger partial charge on any atom is 0.326 e. The number of benzene rings is 1. The summed E-state index contributed by atoms with van der Waals surface area (Å²) in [6.45, 7) is 0.916. The molecule has 120 valence electrons. The van der Waals surface area contributed by atoms with Crippen molar-refractivity contribution in [3.8, 4) is 0 Å². The quantitative estimate of drug-likeness (QED) is 0.873. The molecule has 0 unspecified atom stereocenters. The highest BCUT2D eigenvalue weighted by atomic mass is 32.2. The molecule has 1 fully saturated rings. The van der Waals surface area contributed by atoms with Crippen molar-refractivity contribution in [3.05, 3.63) is 24.3 Å². The number of hydrogen-bond acceptors (Lipinski definition) is 4. The van der Waals surface area contributed by atoms with E-state index in [1.54, 1.807) is 24.3 Å². The summed E-state index contributed by atoms with van der Waals surface area (Å²) in [5, 5.41) is 2.75. The maximum absolute atomic E-state index is 12.4. The van der Waals surface area contributed by atoms with Gasteiger partial charge in [0.15, 0.2) is 0 Å². The van der Waals surface area contributed by atoms with E-state index in [-0.39, 0.29) is 18.6 Å². The first-order valence-corrected chi connectivity index (χ1v) is 8.64. The van der Waals surface area contributed by atoms with Gasteiger partial charge in [-0.3, -0.25) is 9.10 Å². The normalized spacial score (nSPS) is 22.7. The number of para-hydroxylation sites is 2. The molecule has 2 heterocycles. The Morgan fingerprint density at radius 1 is 1.36 bits per heavy atom. The second-order valence-electron chi connectivity index (χ2n) is 5.41. The summed E-state index contributed by atoms with van der Waals surface area (Å²) in [5.74, 6) is -0.329. The Balaban J connectivity index is 1.69. The molecular formula is C14H19N3O4S. The lowest BCUT2D eigenvalue weighted by Crippen LogP contribution is -2.44. The van der Waals surface area contributed by atoms with Crippen molar-refractivity contribution < 1.29 is 17.9 Å². The van der Waals surface area contributed by atoms with Crippen molar-refractivity contribution in [1.29, 1.82) is 0 Å². The minimum atomic E-state index is -3.68. The lowest BCUT2D eigenvalue weighted by molar-refractivity contribution is -0.120. The smallest absolute Gasteiger partial charge is 0.326 e. The van der Waals surface area contributed by atoms with Crippen LogP contribution in [0.25, 0.3) is 0 Å². The zero-order valence-corrected chi connectivity index (χ0v) is 13.2. The van der Waals surface area contributed by atoms with E-state index in [2.05, 4.69) is 5.32 Å². The van der Waals surface area contributed by atoms with E-state index in [1.165, 1.54) is 11.4 Å². The number of rotatable bonds is 4. The third-order valence-electron chi connectivity index (χ3n) is 3.95. The maximum atomic E-state index is 12.4. The molecule has 7 nitrogen and oxygen atoms in total. The van der Waals surface area contributed by atoms with E-state index in [1.807, 2.05) is 0 Å². The van der Waals surface area contributed by atoms with Gasteiger partial charge in [0.25, 0.3) is 0 Å². The highest BCUT2D eigenvalue weighted by molar-refractivity contribution is 7.94. The van der Waals surface area contributed by atoms with Crippen LogP contribution in [0.1, 0.15) is 12.8 Å². The van der Waals surface area contributed by atoms with Gasteiger partial charge in [-0.2, -0.15) is 8.42 Å². The molecule has 22 heavy (non-hydrogen) atoms. The molecule has 0 saturated carbocycles. The zero-order chi connectivity index (χ0) is 15.7. The molecule has 1 saturated heterocycles. The SMILES string of the molecule is CN1c2ccccc2N(CC(=O)NC[C@H]2CCCO2)S1(=O)=O. The first-order valence-electron chi connectivity index (χ1n) is 7.24. The number of nitrogens with zero attached hydrogens (tertiary/aromatic N) is 2. The van der Waals surface area contributed by atoms with Gasteiger partial charge < -0.3 is 10.1 Å². The van der Waals surface area contributed by atoms with E-state index in [9.17, 15) is 13.2 Å². The van der Waals surface area contributed by atoms with Crippen LogP contribution in [0.5, 0.6) is 0 Å². The topological polar surface area (TPSA) is 79.0 Å². The standard InChI is InChI=1S/C14H19N3O4S/c1-16-12-6-2-3-7-13(12)17(22(16,19)20)10-14(18)15-9-11-5-4-8-21-11/h2-3,6-7,11H,4-5,8-10H2,1H3,(H,15,18)/t11-/m1/s1. The monoisotopic (exact) mass is 325 g/mol. The molecule has 1 amide bonds. The van der Waals surface area contributed by atoms with Gasteiger partial charge in [-0.1, -0.05) is 12.1 Å². The van der Waals surface area contributed by atoms with Crippen LogP contribution in [0.3, 0.4) is 0 Å². The summed E-state index contributed by atoms with van der Waals surface area (Å²) in [4.78, 5) is 12.1. The molecule has 0 aromatic heterocycles. The van der Waals surface area contributed by atoms with Crippen LogP contribution in [-0.4, -0.2) is 47.2 Å². The lowest BCUT2D eigenvalue weighted by atomic mass is 10.2. The number of carbonyl (C=O) groups is 1. The van der Waals surface area contributed by atoms with Crippen molar-refractivity contribution in [1.82, 2.24) is 5.32 Å². The van der Waals surface area contributed by atoms with Gasteiger partial charge in [-0.05, 0) is 25.0 Å². The summed E-state index contributed by atoms with van der Waals surface area (Å²) in [5.41, 5.74) is 1.10. The predicted molar refractivity (Wildman–Crippen MR) is 83.1 cm³/mol. The highest BCUT2D eigenvalue weighted by Crippen LogP contribution is 2.39. The fourth-order valence-corrected chi connectivity index (χ4v) is 4.11. The van der Waals surface area contributed by atoms with Crippen molar-refractivity contribution in [2.45, 2.75) is 18.9 Å². The summed E-state index contributed by atoms with van der Waals surface area (Å²) < 4.78 is 32.5. The minimum absolute atomic E-state index is 0.0362. The van der Waals surface area contributed by atoms with E-state index in [4.69, 9.17) is 4.74 Å². The molecule has 1 atom stereocenters. The third-order valence-corrected chi connectivity index (χ3v) is 5.72. The van der Waals surface area contributed by atoms with Crippen LogP contribution in [0.2, 0.25) is 0 Å². The molecule has 0 bridgehead atoms. The Morgan fingerprint density at radius 2 is 2.09 bits per heavy atom. The summed E-state index contributed by atoms with van der Waals surface area (Å²) >= 11 is 0. The van der Waals surface area contributed by atoms with Gasteiger partial charge in [-0.25, -0.2) is 4.31 Å². The highest BCUT2D eigenvalue weighted by Gasteiger charge is 2.38. The van der Waals surface area contributed by atoms with Crippen LogP contribution in [0.15, 0.2) is 24.3 Å².